The zero-order chi connectivity index (χ0) is 14.8. The third-order valence-electron chi connectivity index (χ3n) is 4.22. The average molecular weight is 323 g/mol. The number of aromatic nitrogens is 3. The van der Waals surface area contributed by atoms with Gasteiger partial charge in [0.2, 0.25) is 0 Å². The van der Waals surface area contributed by atoms with Crippen molar-refractivity contribution in [2.75, 3.05) is 0 Å². The van der Waals surface area contributed by atoms with Crippen LogP contribution in [0.1, 0.15) is 42.4 Å². The van der Waals surface area contributed by atoms with Gasteiger partial charge in [-0.15, -0.1) is 12.4 Å². The number of aliphatic hydroxyl groups excluding tert-OH is 1. The molecule has 0 spiro atoms. The van der Waals surface area contributed by atoms with Gasteiger partial charge in [-0.25, -0.2) is 9.67 Å². The summed E-state index contributed by atoms with van der Waals surface area (Å²) in [4.78, 5) is 4.59. The molecule has 0 bridgehead atoms. The van der Waals surface area contributed by atoms with Crippen molar-refractivity contribution in [1.82, 2.24) is 14.8 Å². The van der Waals surface area contributed by atoms with E-state index in [9.17, 15) is 5.11 Å². The van der Waals surface area contributed by atoms with Crippen LogP contribution in [0.4, 0.5) is 0 Å². The molecule has 0 aliphatic heterocycles. The number of benzene rings is 1. The van der Waals surface area contributed by atoms with Gasteiger partial charge in [0.05, 0.1) is 12.6 Å². The minimum atomic E-state index is -0.439. The molecule has 2 aromatic rings. The summed E-state index contributed by atoms with van der Waals surface area (Å²) in [6.07, 6.45) is 2.04. The Bertz CT molecular complexity index is 601. The lowest BCUT2D eigenvalue weighted by Gasteiger charge is -2.30. The van der Waals surface area contributed by atoms with Gasteiger partial charge in [0, 0.05) is 12.0 Å². The van der Waals surface area contributed by atoms with E-state index in [-0.39, 0.29) is 24.4 Å². The number of halogens is 1. The zero-order valence-electron chi connectivity index (χ0n) is 12.7. The third-order valence-corrected chi connectivity index (χ3v) is 4.22. The first-order chi connectivity index (χ1) is 10.1. The molecule has 0 radical (unpaired) electrons. The summed E-state index contributed by atoms with van der Waals surface area (Å²) in [5.74, 6) is 2.00. The lowest BCUT2D eigenvalue weighted by atomic mass is 9.84. The number of nitrogens with zero attached hydrogens (tertiary/aromatic N) is 3. The SMILES string of the molecule is Cc1nc([C@H]2CC[C@H](N)[C@@H](O)C2)n(Cc2ccccc2)n1.Cl. The molecule has 6 heteroatoms. The Hall–Kier alpha value is -1.43. The normalized spacial score (nSPS) is 24.8. The topological polar surface area (TPSA) is 77.0 Å². The van der Waals surface area contributed by atoms with Crippen LogP contribution in [0.25, 0.3) is 0 Å². The lowest BCUT2D eigenvalue weighted by Crippen LogP contribution is -2.40. The van der Waals surface area contributed by atoms with Crippen molar-refractivity contribution in [3.8, 4) is 0 Å². The third kappa shape index (κ3) is 3.66. The van der Waals surface area contributed by atoms with Gasteiger partial charge in [0.1, 0.15) is 11.6 Å². The smallest absolute Gasteiger partial charge is 0.147 e. The van der Waals surface area contributed by atoms with E-state index in [4.69, 9.17) is 5.73 Å². The summed E-state index contributed by atoms with van der Waals surface area (Å²) in [7, 11) is 0. The number of aliphatic hydroxyl groups is 1. The Balaban J connectivity index is 0.00000176. The van der Waals surface area contributed by atoms with Crippen LogP contribution in [0.3, 0.4) is 0 Å². The lowest BCUT2D eigenvalue weighted by molar-refractivity contribution is 0.0957. The van der Waals surface area contributed by atoms with Gasteiger partial charge in [0.25, 0.3) is 0 Å². The van der Waals surface area contributed by atoms with Gasteiger partial charge in [-0.2, -0.15) is 5.10 Å². The van der Waals surface area contributed by atoms with E-state index in [0.717, 1.165) is 31.0 Å². The highest BCUT2D eigenvalue weighted by atomic mass is 35.5. The van der Waals surface area contributed by atoms with Crippen LogP contribution in [0.15, 0.2) is 30.3 Å². The van der Waals surface area contributed by atoms with Crippen LogP contribution in [0, 0.1) is 6.92 Å². The fourth-order valence-corrected chi connectivity index (χ4v) is 3.05. The van der Waals surface area contributed by atoms with Crippen molar-refractivity contribution in [3.05, 3.63) is 47.5 Å². The Morgan fingerprint density at radius 2 is 2.00 bits per heavy atom. The summed E-state index contributed by atoms with van der Waals surface area (Å²) >= 11 is 0. The second kappa shape index (κ2) is 7.22. The molecule has 3 N–H and O–H groups in total. The fraction of sp³-hybridized carbons (Fsp3) is 0.500. The predicted molar refractivity (Wildman–Crippen MR) is 88.1 cm³/mol. The second-order valence-electron chi connectivity index (χ2n) is 5.90. The van der Waals surface area contributed by atoms with E-state index in [1.165, 1.54) is 5.56 Å². The first-order valence-corrected chi connectivity index (χ1v) is 7.52. The molecule has 0 unspecified atom stereocenters. The molecule has 0 amide bonds. The largest absolute Gasteiger partial charge is 0.391 e. The molecule has 1 fully saturated rings. The minimum Gasteiger partial charge on any atom is -0.391 e. The van der Waals surface area contributed by atoms with Crippen molar-refractivity contribution in [3.63, 3.8) is 0 Å². The summed E-state index contributed by atoms with van der Waals surface area (Å²) in [5.41, 5.74) is 7.10. The standard InChI is InChI=1S/C16H22N4O.ClH/c1-11-18-16(13-7-8-14(17)15(21)9-13)20(19-11)10-12-5-3-2-4-6-12;/h2-6,13-15,21H,7-10,17H2,1H3;1H/t13-,14-,15-;/m0./s1. The number of hydrogen-bond donors (Lipinski definition) is 2. The summed E-state index contributed by atoms with van der Waals surface area (Å²) in [5, 5.41) is 14.5. The van der Waals surface area contributed by atoms with E-state index in [1.54, 1.807) is 0 Å². The Labute approximate surface area is 137 Å². The molecular formula is C16H23ClN4O. The van der Waals surface area contributed by atoms with Gasteiger partial charge in [-0.3, -0.25) is 0 Å². The Morgan fingerprint density at radius 3 is 2.68 bits per heavy atom. The van der Waals surface area contributed by atoms with Crippen molar-refractivity contribution >= 4 is 12.4 Å². The van der Waals surface area contributed by atoms with Gasteiger partial charge in [0.15, 0.2) is 0 Å². The first-order valence-electron chi connectivity index (χ1n) is 7.52. The minimum absolute atomic E-state index is 0. The molecule has 3 rings (SSSR count). The molecular weight excluding hydrogens is 300 g/mol. The Morgan fingerprint density at radius 1 is 1.27 bits per heavy atom. The highest BCUT2D eigenvalue weighted by Crippen LogP contribution is 2.31. The molecule has 1 aromatic heterocycles. The number of nitrogens with two attached hydrogens (primary N) is 1. The number of hydrogen-bond acceptors (Lipinski definition) is 4. The van der Waals surface area contributed by atoms with Crippen LogP contribution in [-0.4, -0.2) is 32.0 Å². The molecule has 1 heterocycles. The molecule has 3 atom stereocenters. The van der Waals surface area contributed by atoms with Gasteiger partial charge < -0.3 is 10.8 Å². The number of rotatable bonds is 3. The molecule has 1 saturated carbocycles. The van der Waals surface area contributed by atoms with Crippen LogP contribution in [0.2, 0.25) is 0 Å². The zero-order valence-corrected chi connectivity index (χ0v) is 13.5. The van der Waals surface area contributed by atoms with Crippen molar-refractivity contribution < 1.29 is 5.11 Å². The van der Waals surface area contributed by atoms with Gasteiger partial charge >= 0.3 is 0 Å². The van der Waals surface area contributed by atoms with E-state index in [1.807, 2.05) is 29.8 Å². The maximum Gasteiger partial charge on any atom is 0.147 e. The van der Waals surface area contributed by atoms with Gasteiger partial charge in [-0.1, -0.05) is 30.3 Å². The van der Waals surface area contributed by atoms with E-state index in [2.05, 4.69) is 22.2 Å². The first kappa shape index (κ1) is 16.9. The fourth-order valence-electron chi connectivity index (χ4n) is 3.05. The summed E-state index contributed by atoms with van der Waals surface area (Å²) < 4.78 is 1.97. The quantitative estimate of drug-likeness (QED) is 0.906. The predicted octanol–water partition coefficient (Wildman–Crippen LogP) is 2.01. The van der Waals surface area contributed by atoms with E-state index >= 15 is 0 Å². The highest BCUT2D eigenvalue weighted by Gasteiger charge is 2.30. The van der Waals surface area contributed by atoms with Crippen LogP contribution in [-0.2, 0) is 6.54 Å². The maximum atomic E-state index is 10.0. The molecule has 1 aromatic carbocycles. The molecule has 120 valence electrons. The maximum absolute atomic E-state index is 10.0. The molecule has 22 heavy (non-hydrogen) atoms. The molecule has 0 saturated heterocycles. The summed E-state index contributed by atoms with van der Waals surface area (Å²) in [6.45, 7) is 2.63. The van der Waals surface area contributed by atoms with Gasteiger partial charge in [-0.05, 0) is 31.7 Å². The molecule has 1 aliphatic carbocycles. The van der Waals surface area contributed by atoms with E-state index in [0.29, 0.717) is 6.42 Å². The van der Waals surface area contributed by atoms with Crippen LogP contribution in [0.5, 0.6) is 0 Å². The monoisotopic (exact) mass is 322 g/mol. The number of aryl methyl sites for hydroxylation is 1. The Kier molecular flexibility index (Phi) is 5.56. The van der Waals surface area contributed by atoms with Crippen molar-refractivity contribution in [2.45, 2.75) is 50.8 Å². The average Bonchev–Trinajstić information content (AvgIpc) is 2.84. The second-order valence-corrected chi connectivity index (χ2v) is 5.90. The van der Waals surface area contributed by atoms with Crippen LogP contribution < -0.4 is 5.73 Å². The summed E-state index contributed by atoms with van der Waals surface area (Å²) in [6, 6.07) is 10.1. The van der Waals surface area contributed by atoms with Crippen molar-refractivity contribution in [2.24, 2.45) is 5.73 Å². The molecule has 5 nitrogen and oxygen atoms in total. The molecule has 1 aliphatic rings. The van der Waals surface area contributed by atoms with E-state index < -0.39 is 6.10 Å². The highest BCUT2D eigenvalue weighted by molar-refractivity contribution is 5.85. The van der Waals surface area contributed by atoms with Crippen molar-refractivity contribution in [1.29, 1.82) is 0 Å². The van der Waals surface area contributed by atoms with Crippen LogP contribution >= 0.6 is 12.4 Å².